The monoisotopic (exact) mass is 314 g/mol. The normalized spacial score (nSPS) is 37.3. The first-order chi connectivity index (χ1) is 10.4. The van der Waals surface area contributed by atoms with Crippen LogP contribution in [0.5, 0.6) is 0 Å². The van der Waals surface area contributed by atoms with E-state index in [-0.39, 0.29) is 11.0 Å². The van der Waals surface area contributed by atoms with Crippen LogP contribution < -0.4 is 5.32 Å². The average Bonchev–Trinajstić information content (AvgIpc) is 2.87. The zero-order chi connectivity index (χ0) is 15.6. The zero-order valence-corrected chi connectivity index (χ0v) is 14.9. The Labute approximate surface area is 137 Å². The lowest BCUT2D eigenvalue weighted by molar-refractivity contribution is 0.0656. The first-order valence-corrected chi connectivity index (χ1v) is 9.64. The second-order valence-electron chi connectivity index (χ2n) is 8.16. The van der Waals surface area contributed by atoms with E-state index in [0.29, 0.717) is 5.41 Å². The van der Waals surface area contributed by atoms with Crippen LogP contribution in [0.25, 0.3) is 10.9 Å². The van der Waals surface area contributed by atoms with Gasteiger partial charge in [-0.25, -0.2) is 0 Å². The van der Waals surface area contributed by atoms with Crippen LogP contribution in [0.15, 0.2) is 24.4 Å². The maximum absolute atomic E-state index is 3.96. The third-order valence-electron chi connectivity index (χ3n) is 6.32. The lowest BCUT2D eigenvalue weighted by Crippen LogP contribution is -2.67. The van der Waals surface area contributed by atoms with E-state index in [4.69, 9.17) is 0 Å². The summed E-state index contributed by atoms with van der Waals surface area (Å²) in [5.74, 6) is 1.22. The molecule has 0 spiro atoms. The van der Waals surface area contributed by atoms with Gasteiger partial charge in [0.05, 0.1) is 0 Å². The van der Waals surface area contributed by atoms with Crippen molar-refractivity contribution in [2.75, 3.05) is 18.6 Å². The Morgan fingerprint density at radius 3 is 2.82 bits per heavy atom. The molecular weight excluding hydrogens is 288 g/mol. The predicted molar refractivity (Wildman–Crippen MR) is 96.9 cm³/mol. The minimum atomic E-state index is 0.147. The number of hydrogen-bond acceptors (Lipinski definition) is 2. The number of H-pyrrole nitrogens is 1. The first kappa shape index (κ1) is 14.6. The van der Waals surface area contributed by atoms with Gasteiger partial charge < -0.3 is 10.3 Å². The molecule has 2 N–H and O–H groups in total. The molecule has 3 atom stereocenters. The highest BCUT2D eigenvalue weighted by atomic mass is 32.2. The fourth-order valence-corrected chi connectivity index (χ4v) is 5.95. The van der Waals surface area contributed by atoms with Gasteiger partial charge in [-0.15, -0.1) is 0 Å². The second-order valence-corrected chi connectivity index (χ2v) is 9.02. The molecule has 2 aromatic rings. The molecule has 1 fully saturated rings. The number of fused-ring (bicyclic) bond motifs is 2. The van der Waals surface area contributed by atoms with Gasteiger partial charge in [0.15, 0.2) is 0 Å². The van der Waals surface area contributed by atoms with Crippen LogP contribution in [0.1, 0.15) is 38.3 Å². The lowest BCUT2D eigenvalue weighted by atomic mass is 9.53. The minimum absolute atomic E-state index is 0.147. The molecule has 2 nitrogen and oxygen atoms in total. The summed E-state index contributed by atoms with van der Waals surface area (Å²) in [5, 5.41) is 5.44. The molecular formula is C19H26N2S. The van der Waals surface area contributed by atoms with Gasteiger partial charge in [-0.2, -0.15) is 11.8 Å². The molecule has 22 heavy (non-hydrogen) atoms. The van der Waals surface area contributed by atoms with Crippen molar-refractivity contribution in [1.82, 2.24) is 10.3 Å². The molecule has 1 aliphatic carbocycles. The van der Waals surface area contributed by atoms with Crippen molar-refractivity contribution in [3.05, 3.63) is 35.5 Å². The van der Waals surface area contributed by atoms with Gasteiger partial charge >= 0.3 is 0 Å². The predicted octanol–water partition coefficient (Wildman–Crippen LogP) is 4.10. The lowest BCUT2D eigenvalue weighted by Gasteiger charge is -2.58. The Balaban J connectivity index is 1.91. The number of piperidine rings is 1. The third kappa shape index (κ3) is 1.78. The Bertz CT molecular complexity index is 736. The van der Waals surface area contributed by atoms with Gasteiger partial charge in [-0.05, 0) is 54.4 Å². The summed E-state index contributed by atoms with van der Waals surface area (Å²) >= 11 is 1.98. The van der Waals surface area contributed by atoms with E-state index < -0.39 is 0 Å². The van der Waals surface area contributed by atoms with Gasteiger partial charge in [-0.1, -0.05) is 26.0 Å². The van der Waals surface area contributed by atoms with Crippen molar-refractivity contribution < 1.29 is 0 Å². The van der Waals surface area contributed by atoms with Crippen molar-refractivity contribution in [2.24, 2.45) is 5.41 Å². The van der Waals surface area contributed by atoms with Gasteiger partial charge in [-0.3, -0.25) is 0 Å². The number of benzene rings is 1. The van der Waals surface area contributed by atoms with Crippen LogP contribution in [-0.4, -0.2) is 29.1 Å². The highest BCUT2D eigenvalue weighted by molar-refractivity contribution is 7.98. The minimum Gasteiger partial charge on any atom is -0.361 e. The van der Waals surface area contributed by atoms with Crippen molar-refractivity contribution >= 4 is 22.7 Å². The van der Waals surface area contributed by atoms with Crippen LogP contribution in [0, 0.1) is 5.41 Å². The highest BCUT2D eigenvalue weighted by Crippen LogP contribution is 2.54. The third-order valence-corrected chi connectivity index (χ3v) is 7.31. The topological polar surface area (TPSA) is 27.8 Å². The molecule has 3 heteroatoms. The van der Waals surface area contributed by atoms with Gasteiger partial charge in [0, 0.05) is 34.6 Å². The molecule has 4 rings (SSSR count). The van der Waals surface area contributed by atoms with Crippen molar-refractivity contribution in [1.29, 1.82) is 0 Å². The maximum Gasteiger partial charge on any atom is 0.0459 e. The number of aromatic amines is 1. The standard InChI is InChI=1S/C19H26N2S/c1-17(12-22-4)10-18(2)14-6-5-7-15-16(14)13(9-20-15)8-19(18,3)21-11-17/h5-7,9,20-21H,8,10-12H2,1-4H3/t17-,18-,19?/m1/s1. The molecule has 0 amide bonds. The number of thioether (sulfide) groups is 1. The van der Waals surface area contributed by atoms with E-state index in [1.165, 1.54) is 34.2 Å². The Morgan fingerprint density at radius 2 is 2.05 bits per heavy atom. The van der Waals surface area contributed by atoms with Gasteiger partial charge in [0.25, 0.3) is 0 Å². The van der Waals surface area contributed by atoms with E-state index in [2.05, 4.69) is 61.7 Å². The summed E-state index contributed by atoms with van der Waals surface area (Å²) in [6, 6.07) is 6.80. The van der Waals surface area contributed by atoms with Crippen molar-refractivity contribution in [3.63, 3.8) is 0 Å². The fourth-order valence-electron chi connectivity index (χ4n) is 5.05. The number of rotatable bonds is 2. The quantitative estimate of drug-likeness (QED) is 0.873. The van der Waals surface area contributed by atoms with Crippen molar-refractivity contribution in [3.8, 4) is 0 Å². The average molecular weight is 314 g/mol. The first-order valence-electron chi connectivity index (χ1n) is 8.24. The molecule has 0 bridgehead atoms. The molecule has 1 aromatic heterocycles. The molecule has 2 heterocycles. The summed E-state index contributed by atoms with van der Waals surface area (Å²) in [6.07, 6.45) is 6.83. The molecule has 0 radical (unpaired) electrons. The smallest absolute Gasteiger partial charge is 0.0459 e. The number of nitrogens with one attached hydrogen (secondary N) is 2. The summed E-state index contributed by atoms with van der Waals surface area (Å²) < 4.78 is 0. The van der Waals surface area contributed by atoms with Crippen LogP contribution in [0.4, 0.5) is 0 Å². The largest absolute Gasteiger partial charge is 0.361 e. The van der Waals surface area contributed by atoms with Crippen LogP contribution in [-0.2, 0) is 11.8 Å². The second kappa shape index (κ2) is 4.55. The molecule has 1 saturated heterocycles. The Kier molecular flexibility index (Phi) is 3.03. The molecule has 0 saturated carbocycles. The van der Waals surface area contributed by atoms with Gasteiger partial charge in [0.2, 0.25) is 0 Å². The Hall–Kier alpha value is -0.930. The SMILES string of the molecule is CSC[C@@]1(C)CNC2(C)Cc3c[nH]c4cccc(c34)[C@@]2(C)C1. The molecule has 118 valence electrons. The Morgan fingerprint density at radius 1 is 1.23 bits per heavy atom. The van der Waals surface area contributed by atoms with E-state index in [1.807, 2.05) is 11.8 Å². The van der Waals surface area contributed by atoms with E-state index in [1.54, 1.807) is 0 Å². The van der Waals surface area contributed by atoms with Crippen molar-refractivity contribution in [2.45, 2.75) is 44.6 Å². The summed E-state index contributed by atoms with van der Waals surface area (Å²) in [4.78, 5) is 3.48. The fraction of sp³-hybridized carbons (Fsp3) is 0.579. The van der Waals surface area contributed by atoms with Crippen LogP contribution in [0.2, 0.25) is 0 Å². The highest BCUT2D eigenvalue weighted by Gasteiger charge is 2.55. The molecule has 1 unspecified atom stereocenters. The summed E-state index contributed by atoms with van der Waals surface area (Å²) in [7, 11) is 0. The molecule has 1 aliphatic heterocycles. The summed E-state index contributed by atoms with van der Waals surface area (Å²) in [6.45, 7) is 8.49. The number of hydrogen-bond donors (Lipinski definition) is 2. The number of aromatic nitrogens is 1. The van der Waals surface area contributed by atoms with E-state index in [9.17, 15) is 0 Å². The van der Waals surface area contributed by atoms with Crippen LogP contribution in [0.3, 0.4) is 0 Å². The molecule has 1 aromatic carbocycles. The van der Waals surface area contributed by atoms with E-state index in [0.717, 1.165) is 13.0 Å². The summed E-state index contributed by atoms with van der Waals surface area (Å²) in [5.41, 5.74) is 5.01. The van der Waals surface area contributed by atoms with Gasteiger partial charge in [0.1, 0.15) is 0 Å². The van der Waals surface area contributed by atoms with E-state index >= 15 is 0 Å². The molecule has 2 aliphatic rings. The zero-order valence-electron chi connectivity index (χ0n) is 14.0. The maximum atomic E-state index is 3.96. The van der Waals surface area contributed by atoms with Crippen LogP contribution >= 0.6 is 11.8 Å².